The molecule has 7 heteroatoms. The summed E-state index contributed by atoms with van der Waals surface area (Å²) >= 11 is 1.46. The van der Waals surface area contributed by atoms with Crippen molar-refractivity contribution in [3.63, 3.8) is 0 Å². The SMILES string of the molecule is O=[N+]([O-])c1cccc(-c2nc(-c3ccc(CNCO)cc3)cs2)c1. The Hall–Kier alpha value is -2.61. The fourth-order valence-corrected chi connectivity index (χ4v) is 3.11. The molecule has 0 unspecified atom stereocenters. The summed E-state index contributed by atoms with van der Waals surface area (Å²) in [5, 5.41) is 25.2. The van der Waals surface area contributed by atoms with Gasteiger partial charge < -0.3 is 5.11 Å². The van der Waals surface area contributed by atoms with Crippen molar-refractivity contribution in [1.82, 2.24) is 10.3 Å². The van der Waals surface area contributed by atoms with Gasteiger partial charge >= 0.3 is 0 Å². The van der Waals surface area contributed by atoms with Crippen molar-refractivity contribution in [2.45, 2.75) is 6.54 Å². The molecule has 0 fully saturated rings. The fourth-order valence-electron chi connectivity index (χ4n) is 2.29. The van der Waals surface area contributed by atoms with Crippen LogP contribution in [-0.2, 0) is 6.54 Å². The van der Waals surface area contributed by atoms with Gasteiger partial charge in [-0.15, -0.1) is 11.3 Å². The second-order valence-corrected chi connectivity index (χ2v) is 5.99. The van der Waals surface area contributed by atoms with Crippen LogP contribution in [0.2, 0.25) is 0 Å². The molecular formula is C17H15N3O3S. The van der Waals surface area contributed by atoms with Gasteiger partial charge in [0, 0.05) is 35.2 Å². The Morgan fingerprint density at radius 3 is 2.67 bits per heavy atom. The largest absolute Gasteiger partial charge is 0.381 e. The summed E-state index contributed by atoms with van der Waals surface area (Å²) in [4.78, 5) is 15.1. The summed E-state index contributed by atoms with van der Waals surface area (Å²) in [6.45, 7) is 0.549. The standard InChI is InChI=1S/C17H15N3O3S/c21-11-18-9-12-4-6-13(7-5-12)16-10-24-17(19-16)14-2-1-3-15(8-14)20(22)23/h1-8,10,18,21H,9,11H2. The van der Waals surface area contributed by atoms with Crippen LogP contribution in [-0.4, -0.2) is 21.7 Å². The van der Waals surface area contributed by atoms with E-state index in [2.05, 4.69) is 10.3 Å². The van der Waals surface area contributed by atoms with E-state index < -0.39 is 4.92 Å². The molecule has 24 heavy (non-hydrogen) atoms. The van der Waals surface area contributed by atoms with E-state index >= 15 is 0 Å². The highest BCUT2D eigenvalue weighted by atomic mass is 32.1. The van der Waals surface area contributed by atoms with E-state index in [-0.39, 0.29) is 12.4 Å². The highest BCUT2D eigenvalue weighted by molar-refractivity contribution is 7.13. The number of nitro groups is 1. The van der Waals surface area contributed by atoms with Crippen LogP contribution < -0.4 is 5.32 Å². The predicted molar refractivity (Wildman–Crippen MR) is 93.6 cm³/mol. The number of aliphatic hydroxyl groups is 1. The molecule has 0 amide bonds. The summed E-state index contributed by atoms with van der Waals surface area (Å²) in [6.07, 6.45) is 0. The van der Waals surface area contributed by atoms with Gasteiger partial charge in [0.15, 0.2) is 0 Å². The highest BCUT2D eigenvalue weighted by Gasteiger charge is 2.11. The normalized spacial score (nSPS) is 10.7. The molecule has 0 aliphatic heterocycles. The minimum Gasteiger partial charge on any atom is -0.381 e. The average molecular weight is 341 g/mol. The number of rotatable bonds is 6. The van der Waals surface area contributed by atoms with Crippen molar-refractivity contribution in [2.75, 3.05) is 6.73 Å². The van der Waals surface area contributed by atoms with Crippen LogP contribution in [0.25, 0.3) is 21.8 Å². The lowest BCUT2D eigenvalue weighted by atomic mass is 10.1. The number of nitrogens with one attached hydrogen (secondary N) is 1. The number of hydrogen-bond donors (Lipinski definition) is 2. The smallest absolute Gasteiger partial charge is 0.270 e. The third-order valence-electron chi connectivity index (χ3n) is 3.50. The van der Waals surface area contributed by atoms with E-state index in [1.807, 2.05) is 35.7 Å². The maximum atomic E-state index is 10.9. The molecule has 0 aliphatic carbocycles. The van der Waals surface area contributed by atoms with Gasteiger partial charge in [0.05, 0.1) is 17.3 Å². The number of benzene rings is 2. The molecule has 6 nitrogen and oxygen atoms in total. The molecule has 0 spiro atoms. The monoisotopic (exact) mass is 341 g/mol. The number of nitro benzene ring substituents is 1. The number of non-ortho nitro benzene ring substituents is 1. The minimum atomic E-state index is -0.406. The maximum Gasteiger partial charge on any atom is 0.270 e. The van der Waals surface area contributed by atoms with Crippen molar-refractivity contribution >= 4 is 17.0 Å². The molecule has 1 aromatic heterocycles. The number of aromatic nitrogens is 1. The molecule has 0 aliphatic rings. The van der Waals surface area contributed by atoms with Gasteiger partial charge in [0.1, 0.15) is 5.01 Å². The van der Waals surface area contributed by atoms with Gasteiger partial charge in [-0.3, -0.25) is 15.4 Å². The van der Waals surface area contributed by atoms with Crippen molar-refractivity contribution in [3.8, 4) is 21.8 Å². The molecule has 122 valence electrons. The first kappa shape index (κ1) is 16.3. The van der Waals surface area contributed by atoms with E-state index in [4.69, 9.17) is 5.11 Å². The molecule has 0 saturated carbocycles. The van der Waals surface area contributed by atoms with E-state index in [1.165, 1.54) is 23.5 Å². The lowest BCUT2D eigenvalue weighted by Gasteiger charge is -2.03. The minimum absolute atomic E-state index is 0.0551. The topological polar surface area (TPSA) is 88.3 Å². The second kappa shape index (κ2) is 7.31. The zero-order valence-electron chi connectivity index (χ0n) is 12.7. The Morgan fingerprint density at radius 1 is 1.17 bits per heavy atom. The summed E-state index contributed by atoms with van der Waals surface area (Å²) in [6, 6.07) is 14.4. The lowest BCUT2D eigenvalue weighted by Crippen LogP contribution is -2.13. The van der Waals surface area contributed by atoms with Crippen molar-refractivity contribution in [1.29, 1.82) is 0 Å². The van der Waals surface area contributed by atoms with Crippen LogP contribution in [0.5, 0.6) is 0 Å². The number of aliphatic hydroxyl groups excluding tert-OH is 1. The molecule has 2 N–H and O–H groups in total. The van der Waals surface area contributed by atoms with Crippen LogP contribution >= 0.6 is 11.3 Å². The molecule has 1 heterocycles. The van der Waals surface area contributed by atoms with Crippen molar-refractivity contribution in [3.05, 3.63) is 69.6 Å². The zero-order valence-corrected chi connectivity index (χ0v) is 13.5. The molecule has 3 aromatic rings. The maximum absolute atomic E-state index is 10.9. The number of nitrogens with zero attached hydrogens (tertiary/aromatic N) is 2. The average Bonchev–Trinajstić information content (AvgIpc) is 3.10. The Labute approximate surface area is 142 Å². The van der Waals surface area contributed by atoms with Gasteiger partial charge in [-0.05, 0) is 5.56 Å². The van der Waals surface area contributed by atoms with Crippen molar-refractivity contribution < 1.29 is 10.0 Å². The summed E-state index contributed by atoms with van der Waals surface area (Å²) in [5.74, 6) is 0. The number of thiazole rings is 1. The first-order valence-corrected chi connectivity index (χ1v) is 8.16. The fraction of sp³-hybridized carbons (Fsp3) is 0.118. The Balaban J connectivity index is 1.82. The molecular weight excluding hydrogens is 326 g/mol. The van der Waals surface area contributed by atoms with Gasteiger partial charge in [-0.1, -0.05) is 36.4 Å². The lowest BCUT2D eigenvalue weighted by molar-refractivity contribution is -0.384. The predicted octanol–water partition coefficient (Wildman–Crippen LogP) is 3.42. The summed E-state index contributed by atoms with van der Waals surface area (Å²) in [7, 11) is 0. The van der Waals surface area contributed by atoms with Crippen LogP contribution in [0, 0.1) is 10.1 Å². The molecule has 0 bridgehead atoms. The third kappa shape index (κ3) is 3.65. The van der Waals surface area contributed by atoms with Gasteiger partial charge in [0.2, 0.25) is 0 Å². The van der Waals surface area contributed by atoms with Crippen LogP contribution in [0.3, 0.4) is 0 Å². The molecule has 3 rings (SSSR count). The van der Waals surface area contributed by atoms with Gasteiger partial charge in [-0.25, -0.2) is 4.98 Å². The molecule has 2 aromatic carbocycles. The Morgan fingerprint density at radius 2 is 1.96 bits per heavy atom. The second-order valence-electron chi connectivity index (χ2n) is 5.13. The van der Waals surface area contributed by atoms with E-state index in [0.29, 0.717) is 6.54 Å². The first-order valence-electron chi connectivity index (χ1n) is 7.28. The number of hydrogen-bond acceptors (Lipinski definition) is 6. The molecule has 0 saturated heterocycles. The van der Waals surface area contributed by atoms with Crippen LogP contribution in [0.1, 0.15) is 5.56 Å². The van der Waals surface area contributed by atoms with E-state index in [9.17, 15) is 10.1 Å². The molecule has 0 radical (unpaired) electrons. The van der Waals surface area contributed by atoms with Gasteiger partial charge in [0.25, 0.3) is 5.69 Å². The highest BCUT2D eigenvalue weighted by Crippen LogP contribution is 2.30. The Bertz CT molecular complexity index is 846. The summed E-state index contributed by atoms with van der Waals surface area (Å²) in [5.41, 5.74) is 3.69. The Kier molecular flexibility index (Phi) is 4.95. The van der Waals surface area contributed by atoms with Crippen LogP contribution in [0.4, 0.5) is 5.69 Å². The molecule has 0 atom stereocenters. The third-order valence-corrected chi connectivity index (χ3v) is 4.39. The quantitative estimate of drug-likeness (QED) is 0.407. The zero-order chi connectivity index (χ0) is 16.9. The van der Waals surface area contributed by atoms with Crippen molar-refractivity contribution in [2.24, 2.45) is 0 Å². The van der Waals surface area contributed by atoms with Crippen LogP contribution in [0.15, 0.2) is 53.9 Å². The summed E-state index contributed by atoms with van der Waals surface area (Å²) < 4.78 is 0. The van der Waals surface area contributed by atoms with Gasteiger partial charge in [-0.2, -0.15) is 0 Å². The van der Waals surface area contributed by atoms with E-state index in [1.54, 1.807) is 6.07 Å². The van der Waals surface area contributed by atoms with E-state index in [0.717, 1.165) is 27.4 Å². The first-order chi connectivity index (χ1) is 11.7.